The number of allylic oxidation sites excluding steroid dienone is 4. The Bertz CT molecular complexity index is 1420. The Balaban J connectivity index is 0.000000549. The second kappa shape index (κ2) is 19.4. The molecular formula is C34H39F6N3O4. The van der Waals surface area contributed by atoms with Gasteiger partial charge in [-0.15, -0.1) is 12.8 Å². The number of alkyl carbamates (subject to hydrolysis) is 1. The third-order valence-electron chi connectivity index (χ3n) is 7.07. The van der Waals surface area contributed by atoms with Gasteiger partial charge >= 0.3 is 6.09 Å². The van der Waals surface area contributed by atoms with E-state index in [1.165, 1.54) is 24.3 Å². The molecule has 7 nitrogen and oxygen atoms in total. The van der Waals surface area contributed by atoms with Crippen LogP contribution in [0.15, 0.2) is 60.0 Å². The minimum absolute atomic E-state index is 0.0374. The number of terminal acetylenes is 1. The lowest BCUT2D eigenvalue weighted by molar-refractivity contribution is -0.116. The summed E-state index contributed by atoms with van der Waals surface area (Å²) in [5, 5.41) is 7.87. The van der Waals surface area contributed by atoms with E-state index in [4.69, 9.17) is 4.74 Å². The van der Waals surface area contributed by atoms with Crippen LogP contribution in [0.3, 0.4) is 0 Å². The van der Waals surface area contributed by atoms with Crippen LogP contribution >= 0.6 is 0 Å². The Labute approximate surface area is 270 Å². The molecule has 0 aromatic heterocycles. The minimum atomic E-state index is -2.88. The zero-order chi connectivity index (χ0) is 35.0. The number of alkyl halides is 2. The molecule has 1 saturated heterocycles. The number of morpholine rings is 1. The molecule has 0 saturated carbocycles. The number of hydrogen-bond donors (Lipinski definition) is 3. The molecule has 1 heterocycles. The molecule has 1 aliphatic carbocycles. The van der Waals surface area contributed by atoms with Gasteiger partial charge in [0.1, 0.15) is 11.6 Å². The van der Waals surface area contributed by atoms with Crippen molar-refractivity contribution in [2.45, 2.75) is 57.0 Å². The maximum atomic E-state index is 14.7. The Kier molecular flexibility index (Phi) is 16.1. The quantitative estimate of drug-likeness (QED) is 0.189. The second-order valence-corrected chi connectivity index (χ2v) is 10.7. The summed E-state index contributed by atoms with van der Waals surface area (Å²) in [6, 6.07) is 7.90. The van der Waals surface area contributed by atoms with E-state index in [0.29, 0.717) is 61.7 Å². The topological polar surface area (TPSA) is 88.7 Å². The van der Waals surface area contributed by atoms with Gasteiger partial charge < -0.3 is 25.4 Å². The van der Waals surface area contributed by atoms with E-state index in [1.807, 2.05) is 5.32 Å². The molecule has 2 amide bonds. The summed E-state index contributed by atoms with van der Waals surface area (Å²) in [5.74, 6) is -6.81. The Hall–Kier alpha value is -4.28. The number of methoxy groups -OCH3 is 1. The van der Waals surface area contributed by atoms with Gasteiger partial charge in [-0.25, -0.2) is 31.1 Å². The van der Waals surface area contributed by atoms with Crippen molar-refractivity contribution in [2.24, 2.45) is 0 Å². The van der Waals surface area contributed by atoms with E-state index < -0.39 is 47.8 Å². The van der Waals surface area contributed by atoms with Gasteiger partial charge in [0.25, 0.3) is 5.92 Å². The van der Waals surface area contributed by atoms with Gasteiger partial charge in [0, 0.05) is 50.0 Å². The Morgan fingerprint density at radius 2 is 1.85 bits per heavy atom. The summed E-state index contributed by atoms with van der Waals surface area (Å²) < 4.78 is 89.8. The minimum Gasteiger partial charge on any atom is -0.453 e. The number of amides is 2. The lowest BCUT2D eigenvalue weighted by Gasteiger charge is -2.24. The van der Waals surface area contributed by atoms with Gasteiger partial charge in [-0.1, -0.05) is 18.2 Å². The number of anilines is 1. The second-order valence-electron chi connectivity index (χ2n) is 10.7. The first-order valence-corrected chi connectivity index (χ1v) is 14.8. The average molecular weight is 668 g/mol. The number of nitrogens with one attached hydrogen (secondary N) is 3. The van der Waals surface area contributed by atoms with Crippen LogP contribution in [0.25, 0.3) is 0 Å². The van der Waals surface area contributed by atoms with E-state index >= 15 is 0 Å². The fraction of sp³-hybridized carbons (Fsp3) is 0.412. The van der Waals surface area contributed by atoms with Gasteiger partial charge in [-0.3, -0.25) is 4.79 Å². The molecule has 4 rings (SSSR count). The highest BCUT2D eigenvalue weighted by molar-refractivity contribution is 5.92. The molecule has 2 atom stereocenters. The summed E-state index contributed by atoms with van der Waals surface area (Å²) in [6.45, 7) is 2.09. The van der Waals surface area contributed by atoms with Gasteiger partial charge in [-0.05, 0) is 60.7 Å². The molecule has 3 N–H and O–H groups in total. The fourth-order valence-corrected chi connectivity index (χ4v) is 4.82. The predicted octanol–water partition coefficient (Wildman–Crippen LogP) is 6.96. The highest BCUT2D eigenvalue weighted by Gasteiger charge is 2.24. The van der Waals surface area contributed by atoms with Crippen LogP contribution in [0.4, 0.5) is 36.8 Å². The zero-order valence-electron chi connectivity index (χ0n) is 26.2. The third kappa shape index (κ3) is 13.5. The number of rotatable bonds is 10. The first kappa shape index (κ1) is 38.9. The van der Waals surface area contributed by atoms with Crippen LogP contribution in [0.2, 0.25) is 0 Å². The highest BCUT2D eigenvalue weighted by Crippen LogP contribution is 2.35. The highest BCUT2D eigenvalue weighted by atomic mass is 19.3. The van der Waals surface area contributed by atoms with Crippen molar-refractivity contribution in [3.05, 3.63) is 88.5 Å². The standard InChI is InChI=1S/C27H28F4N2O2.C5H9F2NO2.C2H2/c28-19-4-1-3-17(13-19)22(18-7-10-24(30)25(31)14-18)15-27(34)33-26-6-2-5-23(29)21(26)9-8-20-16-32-11-12-35-20;1-5(6,7)3-8-4(9)10-2;1-2/h2-3,5-7,10,13-14,20,22,32H,1,4,8-9,11-12,15-16H2,(H,33,34);3H2,1-2H3,(H,8,9);1-2H/t20-,22?;;/m1../s1. The summed E-state index contributed by atoms with van der Waals surface area (Å²) in [6.07, 6.45) is 11.8. The van der Waals surface area contributed by atoms with Crippen molar-refractivity contribution < 1.29 is 45.4 Å². The monoisotopic (exact) mass is 667 g/mol. The van der Waals surface area contributed by atoms with Gasteiger partial charge in [0.05, 0.1) is 26.4 Å². The number of carbonyl (C=O) groups is 2. The molecule has 2 aromatic rings. The number of ether oxygens (including phenoxy) is 2. The maximum absolute atomic E-state index is 14.7. The van der Waals surface area contributed by atoms with Crippen molar-refractivity contribution in [3.8, 4) is 12.8 Å². The number of halogens is 6. The molecule has 256 valence electrons. The van der Waals surface area contributed by atoms with Crippen molar-refractivity contribution >= 4 is 17.7 Å². The summed E-state index contributed by atoms with van der Waals surface area (Å²) in [7, 11) is 1.11. The predicted molar refractivity (Wildman–Crippen MR) is 167 cm³/mol. The molecule has 13 heteroatoms. The van der Waals surface area contributed by atoms with Crippen LogP contribution < -0.4 is 16.0 Å². The molecule has 2 aromatic carbocycles. The van der Waals surface area contributed by atoms with E-state index in [1.54, 1.807) is 12.1 Å². The molecule has 0 spiro atoms. The van der Waals surface area contributed by atoms with E-state index in [9.17, 15) is 35.9 Å². The van der Waals surface area contributed by atoms with Crippen LogP contribution in [-0.2, 0) is 20.7 Å². The molecule has 1 unspecified atom stereocenters. The number of hydrogen-bond acceptors (Lipinski definition) is 5. The molecule has 2 aliphatic rings. The van der Waals surface area contributed by atoms with E-state index in [2.05, 4.69) is 28.2 Å². The average Bonchev–Trinajstić information content (AvgIpc) is 3.05. The van der Waals surface area contributed by atoms with Crippen molar-refractivity contribution in [3.63, 3.8) is 0 Å². The Morgan fingerprint density at radius 1 is 1.11 bits per heavy atom. The molecule has 47 heavy (non-hydrogen) atoms. The molecule has 1 aliphatic heterocycles. The zero-order valence-corrected chi connectivity index (χ0v) is 26.2. The molecular weight excluding hydrogens is 628 g/mol. The van der Waals surface area contributed by atoms with Gasteiger partial charge in [-0.2, -0.15) is 0 Å². The first-order valence-electron chi connectivity index (χ1n) is 14.8. The number of benzene rings is 2. The van der Waals surface area contributed by atoms with Crippen molar-refractivity contribution in [1.29, 1.82) is 0 Å². The maximum Gasteiger partial charge on any atom is 0.407 e. The lowest BCUT2D eigenvalue weighted by atomic mass is 9.85. The molecule has 0 bridgehead atoms. The first-order chi connectivity index (χ1) is 22.4. The largest absolute Gasteiger partial charge is 0.453 e. The third-order valence-corrected chi connectivity index (χ3v) is 7.07. The van der Waals surface area contributed by atoms with Crippen molar-refractivity contribution in [2.75, 3.05) is 38.7 Å². The SMILES string of the molecule is C#C.COC(=O)NCC(C)(F)F.O=C(CC(C1=CCCC(F)=C1)c1ccc(F)c(F)c1)Nc1cccc(F)c1CC[C@@H]1CNCCO1. The normalized spacial score (nSPS) is 16.5. The Morgan fingerprint density at radius 3 is 2.47 bits per heavy atom. The molecule has 1 fully saturated rings. The van der Waals surface area contributed by atoms with Crippen LogP contribution in [0.5, 0.6) is 0 Å². The van der Waals surface area contributed by atoms with Crippen LogP contribution in [0, 0.1) is 30.3 Å². The van der Waals surface area contributed by atoms with E-state index in [-0.39, 0.29) is 24.8 Å². The van der Waals surface area contributed by atoms with Gasteiger partial charge in [0.2, 0.25) is 5.91 Å². The van der Waals surface area contributed by atoms with E-state index in [0.717, 1.165) is 25.8 Å². The lowest BCUT2D eigenvalue weighted by Crippen LogP contribution is -2.38. The summed E-state index contributed by atoms with van der Waals surface area (Å²) >= 11 is 0. The van der Waals surface area contributed by atoms with Crippen LogP contribution in [0.1, 0.15) is 49.7 Å². The summed E-state index contributed by atoms with van der Waals surface area (Å²) in [4.78, 5) is 23.3. The van der Waals surface area contributed by atoms with Crippen molar-refractivity contribution in [1.82, 2.24) is 10.6 Å². The smallest absolute Gasteiger partial charge is 0.407 e. The van der Waals surface area contributed by atoms with Gasteiger partial charge in [0.15, 0.2) is 11.6 Å². The summed E-state index contributed by atoms with van der Waals surface area (Å²) in [5.41, 5.74) is 1.61. The fourth-order valence-electron chi connectivity index (χ4n) is 4.82. The van der Waals surface area contributed by atoms with Crippen LogP contribution in [-0.4, -0.2) is 57.4 Å². The number of carbonyl (C=O) groups excluding carboxylic acids is 2. The molecule has 0 radical (unpaired) electrons.